The van der Waals surface area contributed by atoms with E-state index in [0.717, 1.165) is 11.1 Å². The molecule has 4 nitrogen and oxygen atoms in total. The quantitative estimate of drug-likeness (QED) is 0.838. The molecule has 0 aliphatic rings. The number of carbonyl (C=O) groups excluding carboxylic acids is 1. The standard InChI is InChI=1S/C16H14ClN3O/c1-11-9-13(4-5-14(11)17)16(21)20-15-10-12(3-2-7-18)6-8-19-15/h4-6,8-10H,7,18H2,1H3,(H,19,20,21). The van der Waals surface area contributed by atoms with Crippen LogP contribution in [0, 0.1) is 18.8 Å². The third kappa shape index (κ3) is 4.06. The molecule has 1 aromatic carbocycles. The molecule has 3 N–H and O–H groups in total. The Bertz CT molecular complexity index is 732. The Labute approximate surface area is 128 Å². The zero-order chi connectivity index (χ0) is 15.2. The van der Waals surface area contributed by atoms with Crippen LogP contribution < -0.4 is 11.1 Å². The van der Waals surface area contributed by atoms with Crippen LogP contribution in [0.25, 0.3) is 0 Å². The van der Waals surface area contributed by atoms with Gasteiger partial charge in [0, 0.05) is 22.3 Å². The van der Waals surface area contributed by atoms with E-state index in [1.54, 1.807) is 36.5 Å². The van der Waals surface area contributed by atoms with Gasteiger partial charge < -0.3 is 11.1 Å². The predicted molar refractivity (Wildman–Crippen MR) is 84.3 cm³/mol. The van der Waals surface area contributed by atoms with Gasteiger partial charge in [-0.15, -0.1) is 0 Å². The Morgan fingerprint density at radius 3 is 2.90 bits per heavy atom. The topological polar surface area (TPSA) is 68.0 Å². The van der Waals surface area contributed by atoms with Crippen molar-refractivity contribution < 1.29 is 4.79 Å². The molecule has 0 atom stereocenters. The maximum absolute atomic E-state index is 12.2. The third-order valence-electron chi connectivity index (χ3n) is 2.76. The third-order valence-corrected chi connectivity index (χ3v) is 3.18. The van der Waals surface area contributed by atoms with Crippen LogP contribution in [0.15, 0.2) is 36.5 Å². The second kappa shape index (κ2) is 6.89. The van der Waals surface area contributed by atoms with Crippen molar-refractivity contribution in [2.45, 2.75) is 6.92 Å². The summed E-state index contributed by atoms with van der Waals surface area (Å²) >= 11 is 5.95. The lowest BCUT2D eigenvalue weighted by Gasteiger charge is -2.06. The Kier molecular flexibility index (Phi) is 4.94. The molecule has 5 heteroatoms. The van der Waals surface area contributed by atoms with Crippen molar-refractivity contribution in [3.8, 4) is 11.8 Å². The molecule has 1 amide bonds. The lowest BCUT2D eigenvalue weighted by molar-refractivity contribution is 0.102. The summed E-state index contributed by atoms with van der Waals surface area (Å²) < 4.78 is 0. The molecule has 0 bridgehead atoms. The molecule has 21 heavy (non-hydrogen) atoms. The van der Waals surface area contributed by atoms with E-state index in [9.17, 15) is 4.79 Å². The number of aromatic nitrogens is 1. The van der Waals surface area contributed by atoms with Gasteiger partial charge in [-0.1, -0.05) is 23.4 Å². The van der Waals surface area contributed by atoms with Gasteiger partial charge in [-0.25, -0.2) is 4.98 Å². The van der Waals surface area contributed by atoms with Crippen molar-refractivity contribution in [3.63, 3.8) is 0 Å². The van der Waals surface area contributed by atoms with E-state index in [1.165, 1.54) is 0 Å². The highest BCUT2D eigenvalue weighted by Gasteiger charge is 2.08. The molecule has 2 rings (SSSR count). The number of rotatable bonds is 2. The van der Waals surface area contributed by atoms with E-state index in [2.05, 4.69) is 22.1 Å². The van der Waals surface area contributed by atoms with Crippen molar-refractivity contribution in [2.24, 2.45) is 5.73 Å². The zero-order valence-electron chi connectivity index (χ0n) is 11.5. The van der Waals surface area contributed by atoms with Crippen LogP contribution in [0.4, 0.5) is 5.82 Å². The average molecular weight is 300 g/mol. The molecule has 106 valence electrons. The Morgan fingerprint density at radius 2 is 2.19 bits per heavy atom. The molecular formula is C16H14ClN3O. The molecular weight excluding hydrogens is 286 g/mol. The first kappa shape index (κ1) is 15.0. The maximum Gasteiger partial charge on any atom is 0.256 e. The smallest absolute Gasteiger partial charge is 0.256 e. The molecule has 0 unspecified atom stereocenters. The Morgan fingerprint density at radius 1 is 1.38 bits per heavy atom. The van der Waals surface area contributed by atoms with E-state index in [4.69, 9.17) is 17.3 Å². The van der Waals surface area contributed by atoms with Crippen LogP contribution in [0.5, 0.6) is 0 Å². The van der Waals surface area contributed by atoms with Gasteiger partial charge in [0.05, 0.1) is 6.54 Å². The maximum atomic E-state index is 12.2. The van der Waals surface area contributed by atoms with Crippen LogP contribution in [-0.4, -0.2) is 17.4 Å². The van der Waals surface area contributed by atoms with Crippen LogP contribution >= 0.6 is 11.6 Å². The monoisotopic (exact) mass is 299 g/mol. The number of nitrogens with one attached hydrogen (secondary N) is 1. The van der Waals surface area contributed by atoms with Gasteiger partial charge in [-0.3, -0.25) is 4.79 Å². The molecule has 1 heterocycles. The van der Waals surface area contributed by atoms with E-state index >= 15 is 0 Å². The number of amides is 1. The lowest BCUT2D eigenvalue weighted by Crippen LogP contribution is -2.13. The number of anilines is 1. The van der Waals surface area contributed by atoms with Gasteiger partial charge in [-0.05, 0) is 42.8 Å². The van der Waals surface area contributed by atoms with Crippen LogP contribution in [0.1, 0.15) is 21.5 Å². The van der Waals surface area contributed by atoms with Crippen molar-refractivity contribution in [3.05, 3.63) is 58.2 Å². The first-order valence-electron chi connectivity index (χ1n) is 6.32. The Balaban J connectivity index is 2.17. The van der Waals surface area contributed by atoms with Gasteiger partial charge in [0.2, 0.25) is 0 Å². The summed E-state index contributed by atoms with van der Waals surface area (Å²) in [5.41, 5.74) is 7.45. The van der Waals surface area contributed by atoms with E-state index in [-0.39, 0.29) is 12.5 Å². The van der Waals surface area contributed by atoms with Gasteiger partial charge in [-0.2, -0.15) is 0 Å². The largest absolute Gasteiger partial charge is 0.320 e. The number of halogens is 1. The van der Waals surface area contributed by atoms with Gasteiger partial charge in [0.25, 0.3) is 5.91 Å². The molecule has 2 aromatic rings. The number of nitrogens with zero attached hydrogens (tertiary/aromatic N) is 1. The summed E-state index contributed by atoms with van der Waals surface area (Å²) in [7, 11) is 0. The van der Waals surface area contributed by atoms with Crippen molar-refractivity contribution in [1.82, 2.24) is 4.98 Å². The molecule has 1 aromatic heterocycles. The first-order valence-corrected chi connectivity index (χ1v) is 6.70. The number of hydrogen-bond acceptors (Lipinski definition) is 3. The van der Waals surface area contributed by atoms with Crippen LogP contribution in [0.2, 0.25) is 5.02 Å². The van der Waals surface area contributed by atoms with Crippen molar-refractivity contribution in [1.29, 1.82) is 0 Å². The summed E-state index contributed by atoms with van der Waals surface area (Å²) in [5.74, 6) is 5.84. The number of hydrogen-bond donors (Lipinski definition) is 2. The zero-order valence-corrected chi connectivity index (χ0v) is 12.2. The highest BCUT2D eigenvalue weighted by Crippen LogP contribution is 2.17. The number of nitrogens with two attached hydrogens (primary N) is 1. The van der Waals surface area contributed by atoms with Crippen LogP contribution in [-0.2, 0) is 0 Å². The lowest BCUT2D eigenvalue weighted by atomic mass is 10.1. The van der Waals surface area contributed by atoms with E-state index in [1.807, 2.05) is 6.92 Å². The van der Waals surface area contributed by atoms with E-state index in [0.29, 0.717) is 16.4 Å². The van der Waals surface area contributed by atoms with Gasteiger partial charge >= 0.3 is 0 Å². The fraction of sp³-hybridized carbons (Fsp3) is 0.125. The van der Waals surface area contributed by atoms with Crippen LogP contribution in [0.3, 0.4) is 0 Å². The minimum absolute atomic E-state index is 0.244. The van der Waals surface area contributed by atoms with E-state index < -0.39 is 0 Å². The fourth-order valence-electron chi connectivity index (χ4n) is 1.70. The highest BCUT2D eigenvalue weighted by atomic mass is 35.5. The van der Waals surface area contributed by atoms with Crippen molar-refractivity contribution in [2.75, 3.05) is 11.9 Å². The minimum atomic E-state index is -0.244. The number of aryl methyl sites for hydroxylation is 1. The highest BCUT2D eigenvalue weighted by molar-refractivity contribution is 6.31. The molecule has 0 saturated heterocycles. The SMILES string of the molecule is Cc1cc(C(=O)Nc2cc(C#CCN)ccn2)ccc1Cl. The Hall–Kier alpha value is -2.35. The molecule has 0 saturated carbocycles. The summed E-state index contributed by atoms with van der Waals surface area (Å²) in [6, 6.07) is 8.55. The predicted octanol–water partition coefficient (Wildman–Crippen LogP) is 2.61. The first-order chi connectivity index (χ1) is 10.1. The summed E-state index contributed by atoms with van der Waals surface area (Å²) in [5, 5.41) is 3.36. The summed E-state index contributed by atoms with van der Waals surface area (Å²) in [6.45, 7) is 2.13. The molecule has 0 radical (unpaired) electrons. The molecule has 0 spiro atoms. The molecule has 0 aliphatic heterocycles. The average Bonchev–Trinajstić information content (AvgIpc) is 2.48. The number of pyridine rings is 1. The summed E-state index contributed by atoms with van der Waals surface area (Å²) in [4.78, 5) is 16.2. The second-order valence-electron chi connectivity index (χ2n) is 4.35. The molecule has 0 aliphatic carbocycles. The minimum Gasteiger partial charge on any atom is -0.320 e. The second-order valence-corrected chi connectivity index (χ2v) is 4.76. The van der Waals surface area contributed by atoms with Gasteiger partial charge in [0.15, 0.2) is 0 Å². The number of carbonyl (C=O) groups is 1. The van der Waals surface area contributed by atoms with Gasteiger partial charge in [0.1, 0.15) is 5.82 Å². The fourth-order valence-corrected chi connectivity index (χ4v) is 1.82. The molecule has 0 fully saturated rings. The number of benzene rings is 1. The van der Waals surface area contributed by atoms with Crippen molar-refractivity contribution >= 4 is 23.3 Å². The summed E-state index contributed by atoms with van der Waals surface area (Å²) in [6.07, 6.45) is 1.59. The normalized spacial score (nSPS) is 9.67.